The highest BCUT2D eigenvalue weighted by Gasteiger charge is 2.18. The van der Waals surface area contributed by atoms with Gasteiger partial charge >= 0.3 is 0 Å². The molecule has 20 heavy (non-hydrogen) atoms. The Kier molecular flexibility index (Phi) is 5.01. The molecule has 1 heterocycles. The summed E-state index contributed by atoms with van der Waals surface area (Å²) in [5, 5.41) is 0. The number of rotatable bonds is 5. The number of carbonyl (C=O) groups is 1. The molecule has 0 unspecified atom stereocenters. The van der Waals surface area contributed by atoms with Crippen molar-refractivity contribution in [2.75, 3.05) is 33.9 Å². The monoisotopic (exact) mass is 278 g/mol. The smallest absolute Gasteiger partial charge is 0.168 e. The van der Waals surface area contributed by atoms with Crippen molar-refractivity contribution in [3.05, 3.63) is 23.3 Å². The Labute approximate surface area is 120 Å². The van der Waals surface area contributed by atoms with Crippen molar-refractivity contribution in [2.24, 2.45) is 0 Å². The van der Waals surface area contributed by atoms with E-state index in [-0.39, 0.29) is 5.78 Å². The molecule has 0 atom stereocenters. The predicted molar refractivity (Wildman–Crippen MR) is 78.1 cm³/mol. The van der Waals surface area contributed by atoms with Crippen LogP contribution in [0, 0.1) is 0 Å². The van der Waals surface area contributed by atoms with Crippen LogP contribution in [0.3, 0.4) is 0 Å². The van der Waals surface area contributed by atoms with Gasteiger partial charge in [0.1, 0.15) is 0 Å². The van der Waals surface area contributed by atoms with E-state index >= 15 is 0 Å². The lowest BCUT2D eigenvalue weighted by molar-refractivity contribution is -0.857. The van der Waals surface area contributed by atoms with E-state index in [2.05, 4.69) is 21.0 Å². The van der Waals surface area contributed by atoms with Gasteiger partial charge in [0.2, 0.25) is 0 Å². The maximum Gasteiger partial charge on any atom is 0.168 e. The summed E-state index contributed by atoms with van der Waals surface area (Å²) in [6.07, 6.45) is 2.27. The van der Waals surface area contributed by atoms with Crippen LogP contribution in [-0.4, -0.2) is 39.6 Å². The molecule has 4 heteroatoms. The van der Waals surface area contributed by atoms with Crippen molar-refractivity contribution in [2.45, 2.75) is 26.2 Å². The third-order valence-corrected chi connectivity index (χ3v) is 3.51. The van der Waals surface area contributed by atoms with Gasteiger partial charge in [0, 0.05) is 12.0 Å². The standard InChI is InChI=1S/C16H23NO3/c1-4-12-10-15-16(20-9-5-8-19-15)11-13(12)14(18)6-7-17(2)3/h10-11H,4-9H2,1-3H3/p+1. The second kappa shape index (κ2) is 6.75. The molecule has 1 aliphatic rings. The lowest BCUT2D eigenvalue weighted by atomic mass is 9.98. The van der Waals surface area contributed by atoms with E-state index in [1.165, 1.54) is 4.90 Å². The lowest BCUT2D eigenvalue weighted by Gasteiger charge is -2.14. The SMILES string of the molecule is CCc1cc2c(cc1C(=O)CC[NH+](C)C)OCCCO2. The van der Waals surface area contributed by atoms with E-state index in [1.54, 1.807) is 0 Å². The van der Waals surface area contributed by atoms with Crippen LogP contribution in [-0.2, 0) is 6.42 Å². The molecule has 0 saturated carbocycles. The Bertz CT molecular complexity index is 483. The molecule has 0 amide bonds. The second-order valence-corrected chi connectivity index (χ2v) is 5.49. The van der Waals surface area contributed by atoms with Gasteiger partial charge in [-0.1, -0.05) is 6.92 Å². The number of fused-ring (bicyclic) bond motifs is 1. The van der Waals surface area contributed by atoms with E-state index in [0.717, 1.165) is 36.3 Å². The first-order valence-electron chi connectivity index (χ1n) is 7.36. The number of carbonyl (C=O) groups excluding carboxylic acids is 1. The van der Waals surface area contributed by atoms with E-state index in [0.29, 0.717) is 25.4 Å². The normalized spacial score (nSPS) is 14.2. The number of ketones is 1. The minimum Gasteiger partial charge on any atom is -0.490 e. The molecule has 0 bridgehead atoms. The first-order chi connectivity index (χ1) is 9.61. The third-order valence-electron chi connectivity index (χ3n) is 3.51. The zero-order valence-corrected chi connectivity index (χ0v) is 12.6. The Morgan fingerprint density at radius 2 is 1.85 bits per heavy atom. The van der Waals surface area contributed by atoms with Gasteiger partial charge in [-0.2, -0.15) is 0 Å². The van der Waals surface area contributed by atoms with E-state index < -0.39 is 0 Å². The Morgan fingerprint density at radius 1 is 1.20 bits per heavy atom. The first-order valence-corrected chi connectivity index (χ1v) is 7.36. The van der Waals surface area contributed by atoms with Crippen LogP contribution in [0.4, 0.5) is 0 Å². The quantitative estimate of drug-likeness (QED) is 0.821. The summed E-state index contributed by atoms with van der Waals surface area (Å²) < 4.78 is 11.4. The van der Waals surface area contributed by atoms with Crippen LogP contribution in [0.25, 0.3) is 0 Å². The molecular formula is C16H24NO3+. The number of Topliss-reactive ketones (excluding diaryl/α,β-unsaturated/α-hetero) is 1. The number of quaternary nitrogens is 1. The Morgan fingerprint density at radius 3 is 2.45 bits per heavy atom. The molecule has 0 fully saturated rings. The average molecular weight is 278 g/mol. The fourth-order valence-corrected chi connectivity index (χ4v) is 2.30. The number of ether oxygens (including phenoxy) is 2. The minimum absolute atomic E-state index is 0.193. The Hall–Kier alpha value is -1.55. The molecule has 110 valence electrons. The molecule has 2 rings (SSSR count). The third kappa shape index (κ3) is 3.51. The first kappa shape index (κ1) is 14.9. The van der Waals surface area contributed by atoms with Gasteiger partial charge < -0.3 is 14.4 Å². The van der Waals surface area contributed by atoms with Crippen molar-refractivity contribution in [3.8, 4) is 11.5 Å². The van der Waals surface area contributed by atoms with Crippen molar-refractivity contribution in [1.29, 1.82) is 0 Å². The number of benzene rings is 1. The fraction of sp³-hybridized carbons (Fsp3) is 0.562. The van der Waals surface area contributed by atoms with Crippen LogP contribution in [0.2, 0.25) is 0 Å². The van der Waals surface area contributed by atoms with Crippen molar-refractivity contribution < 1.29 is 19.2 Å². The highest BCUT2D eigenvalue weighted by molar-refractivity contribution is 5.98. The zero-order chi connectivity index (χ0) is 14.5. The van der Waals surface area contributed by atoms with Gasteiger partial charge in [-0.15, -0.1) is 0 Å². The van der Waals surface area contributed by atoms with Crippen LogP contribution in [0.15, 0.2) is 12.1 Å². The van der Waals surface area contributed by atoms with Gasteiger partial charge in [0.05, 0.1) is 40.3 Å². The van der Waals surface area contributed by atoms with Gasteiger partial charge in [-0.25, -0.2) is 0 Å². The van der Waals surface area contributed by atoms with Crippen LogP contribution in [0.1, 0.15) is 35.7 Å². The summed E-state index contributed by atoms with van der Waals surface area (Å²) in [5.74, 6) is 1.67. The highest BCUT2D eigenvalue weighted by Crippen LogP contribution is 2.33. The predicted octanol–water partition coefficient (Wildman–Crippen LogP) is 1.13. The average Bonchev–Trinajstić information content (AvgIpc) is 2.67. The summed E-state index contributed by atoms with van der Waals surface area (Å²) in [4.78, 5) is 13.7. The maximum atomic E-state index is 12.4. The molecule has 1 aliphatic heterocycles. The lowest BCUT2D eigenvalue weighted by Crippen LogP contribution is -3.05. The molecule has 0 saturated heterocycles. The second-order valence-electron chi connectivity index (χ2n) is 5.49. The molecule has 1 aromatic carbocycles. The van der Waals surface area contributed by atoms with Crippen LogP contribution >= 0.6 is 0 Å². The number of aryl methyl sites for hydroxylation is 1. The molecule has 0 aliphatic carbocycles. The topological polar surface area (TPSA) is 40.0 Å². The van der Waals surface area contributed by atoms with Gasteiger partial charge in [0.25, 0.3) is 0 Å². The maximum absolute atomic E-state index is 12.4. The molecule has 0 aromatic heterocycles. The van der Waals surface area contributed by atoms with Crippen molar-refractivity contribution in [3.63, 3.8) is 0 Å². The van der Waals surface area contributed by atoms with Gasteiger partial charge in [-0.05, 0) is 24.1 Å². The van der Waals surface area contributed by atoms with Gasteiger partial charge in [0.15, 0.2) is 17.3 Å². The number of hydrogen-bond donors (Lipinski definition) is 1. The van der Waals surface area contributed by atoms with E-state index in [4.69, 9.17) is 9.47 Å². The zero-order valence-electron chi connectivity index (χ0n) is 12.6. The van der Waals surface area contributed by atoms with Crippen molar-refractivity contribution in [1.82, 2.24) is 0 Å². The number of nitrogens with one attached hydrogen (secondary N) is 1. The summed E-state index contributed by atoms with van der Waals surface area (Å²) >= 11 is 0. The van der Waals surface area contributed by atoms with E-state index in [1.807, 2.05) is 12.1 Å². The minimum atomic E-state index is 0.193. The largest absolute Gasteiger partial charge is 0.490 e. The summed E-state index contributed by atoms with van der Waals surface area (Å²) in [5.41, 5.74) is 1.84. The molecule has 0 radical (unpaired) electrons. The number of hydrogen-bond acceptors (Lipinski definition) is 3. The summed E-state index contributed by atoms with van der Waals surface area (Å²) in [6.45, 7) is 4.23. The molecule has 4 nitrogen and oxygen atoms in total. The fourth-order valence-electron chi connectivity index (χ4n) is 2.30. The van der Waals surface area contributed by atoms with Gasteiger partial charge in [-0.3, -0.25) is 4.79 Å². The highest BCUT2D eigenvalue weighted by atomic mass is 16.5. The van der Waals surface area contributed by atoms with Crippen LogP contribution in [0.5, 0.6) is 11.5 Å². The van der Waals surface area contributed by atoms with E-state index in [9.17, 15) is 4.79 Å². The molecule has 1 N–H and O–H groups in total. The Balaban J connectivity index is 2.27. The molecular weight excluding hydrogens is 254 g/mol. The molecule has 0 spiro atoms. The van der Waals surface area contributed by atoms with Crippen LogP contribution < -0.4 is 14.4 Å². The van der Waals surface area contributed by atoms with Crippen molar-refractivity contribution >= 4 is 5.78 Å². The summed E-state index contributed by atoms with van der Waals surface area (Å²) in [6, 6.07) is 3.84. The molecule has 1 aromatic rings. The summed E-state index contributed by atoms with van der Waals surface area (Å²) in [7, 11) is 4.12.